The molecule has 1 spiro atoms. The summed E-state index contributed by atoms with van der Waals surface area (Å²) in [6.45, 7) is 15.4. The molecular weight excluding hydrogens is 571 g/mol. The molecule has 0 bridgehead atoms. The Morgan fingerprint density at radius 3 is 2.47 bits per heavy atom. The molecule has 2 aromatic rings. The lowest BCUT2D eigenvalue weighted by Crippen LogP contribution is -2.61. The van der Waals surface area contributed by atoms with E-state index in [4.69, 9.17) is 4.74 Å². The smallest absolute Gasteiger partial charge is 0.258 e. The highest BCUT2D eigenvalue weighted by Gasteiger charge is 2.46. The van der Waals surface area contributed by atoms with Gasteiger partial charge in [-0.15, -0.1) is 0 Å². The van der Waals surface area contributed by atoms with Gasteiger partial charge in [-0.2, -0.15) is 0 Å². The van der Waals surface area contributed by atoms with E-state index in [1.165, 1.54) is 24.5 Å². The minimum atomic E-state index is -3.11. The highest BCUT2D eigenvalue weighted by atomic mass is 32.2. The second kappa shape index (κ2) is 12.6. The van der Waals surface area contributed by atoms with Gasteiger partial charge >= 0.3 is 0 Å². The van der Waals surface area contributed by atoms with Crippen LogP contribution in [0.4, 0.5) is 10.2 Å². The summed E-state index contributed by atoms with van der Waals surface area (Å²) >= 11 is 0. The van der Waals surface area contributed by atoms with Gasteiger partial charge in [0, 0.05) is 57.9 Å². The first kappa shape index (κ1) is 31.6. The molecule has 0 saturated carbocycles. The van der Waals surface area contributed by atoms with E-state index < -0.39 is 15.8 Å². The molecule has 1 aromatic carbocycles. The lowest BCUT2D eigenvalue weighted by molar-refractivity contribution is -0.0406. The first-order chi connectivity index (χ1) is 20.4. The average Bonchev–Trinajstić information content (AvgIpc) is 3.41. The van der Waals surface area contributed by atoms with Gasteiger partial charge in [0.25, 0.3) is 5.91 Å². The fourth-order valence-electron chi connectivity index (χ4n) is 7.01. The zero-order chi connectivity index (χ0) is 30.9. The SMILES string of the molecule is CCS(=O)(=O)N1CCC2(CC1)CN(C[C@@H]1CCN(c3ncncc3Oc3ccc(F)cc3C(=O)N(C(C)C)C(C)C)C1)C2. The molecule has 1 aromatic heterocycles. The number of sulfonamides is 1. The zero-order valence-corrected chi connectivity index (χ0v) is 26.8. The van der Waals surface area contributed by atoms with Crippen molar-refractivity contribution in [1.82, 2.24) is 24.1 Å². The Morgan fingerprint density at radius 1 is 1.12 bits per heavy atom. The number of benzene rings is 1. The maximum atomic E-state index is 14.3. The Bertz CT molecular complexity index is 1400. The number of halogens is 1. The highest BCUT2D eigenvalue weighted by Crippen LogP contribution is 2.42. The van der Waals surface area contributed by atoms with Crippen LogP contribution >= 0.6 is 0 Å². The van der Waals surface area contributed by atoms with Gasteiger partial charge in [0.05, 0.1) is 17.5 Å². The Balaban J connectivity index is 1.21. The van der Waals surface area contributed by atoms with E-state index in [9.17, 15) is 17.6 Å². The molecule has 0 radical (unpaired) electrons. The molecule has 1 amide bonds. The third-order valence-electron chi connectivity index (χ3n) is 9.16. The van der Waals surface area contributed by atoms with Crippen LogP contribution in [-0.2, 0) is 10.0 Å². The number of hydrogen-bond donors (Lipinski definition) is 0. The molecule has 0 N–H and O–H groups in total. The van der Waals surface area contributed by atoms with E-state index >= 15 is 0 Å². The third-order valence-corrected chi connectivity index (χ3v) is 11.0. The summed E-state index contributed by atoms with van der Waals surface area (Å²) in [5, 5.41) is 0. The van der Waals surface area contributed by atoms with Crippen LogP contribution in [0.3, 0.4) is 0 Å². The molecule has 3 fully saturated rings. The molecule has 0 aliphatic carbocycles. The topological polar surface area (TPSA) is 99.2 Å². The van der Waals surface area contributed by atoms with Crippen molar-refractivity contribution in [2.24, 2.45) is 11.3 Å². The molecule has 3 saturated heterocycles. The minimum Gasteiger partial charge on any atom is -0.451 e. The molecular formula is C31H45FN6O4S. The van der Waals surface area contributed by atoms with E-state index in [2.05, 4.69) is 19.8 Å². The van der Waals surface area contributed by atoms with Crippen molar-refractivity contribution >= 4 is 21.7 Å². The van der Waals surface area contributed by atoms with E-state index in [1.54, 1.807) is 22.3 Å². The molecule has 0 unspecified atom stereocenters. The molecule has 5 rings (SSSR count). The molecule has 236 valence electrons. The summed E-state index contributed by atoms with van der Waals surface area (Å²) in [6.07, 6.45) is 5.98. The van der Waals surface area contributed by atoms with Crippen molar-refractivity contribution in [2.75, 3.05) is 56.5 Å². The van der Waals surface area contributed by atoms with Gasteiger partial charge in [-0.3, -0.25) is 4.79 Å². The number of anilines is 1. The first-order valence-corrected chi connectivity index (χ1v) is 17.1. The Morgan fingerprint density at radius 2 is 1.81 bits per heavy atom. The zero-order valence-electron chi connectivity index (χ0n) is 26.0. The lowest BCUT2D eigenvalue weighted by atomic mass is 9.72. The van der Waals surface area contributed by atoms with Gasteiger partial charge < -0.3 is 19.4 Å². The van der Waals surface area contributed by atoms with E-state index in [1.807, 2.05) is 27.7 Å². The molecule has 3 aliphatic heterocycles. The lowest BCUT2D eigenvalue weighted by Gasteiger charge is -2.54. The molecule has 12 heteroatoms. The number of ether oxygens (including phenoxy) is 1. The maximum absolute atomic E-state index is 14.3. The summed E-state index contributed by atoms with van der Waals surface area (Å²) in [5.74, 6) is 1.21. The first-order valence-electron chi connectivity index (χ1n) is 15.5. The van der Waals surface area contributed by atoms with Crippen LogP contribution in [-0.4, -0.2) is 102 Å². The minimum absolute atomic E-state index is 0.0629. The van der Waals surface area contributed by atoms with Crippen LogP contribution in [0.1, 0.15) is 64.2 Å². The molecule has 3 aliphatic rings. The van der Waals surface area contributed by atoms with Crippen LogP contribution in [0.15, 0.2) is 30.7 Å². The Hall–Kier alpha value is -2.83. The number of hydrogen-bond acceptors (Lipinski definition) is 8. The number of rotatable bonds is 10. The predicted octanol–water partition coefficient (Wildman–Crippen LogP) is 4.24. The second-order valence-electron chi connectivity index (χ2n) is 12.9. The van der Waals surface area contributed by atoms with Crippen LogP contribution in [0.5, 0.6) is 11.5 Å². The van der Waals surface area contributed by atoms with Crippen molar-refractivity contribution in [1.29, 1.82) is 0 Å². The fraction of sp³-hybridized carbons (Fsp3) is 0.645. The number of likely N-dealkylation sites (tertiary alicyclic amines) is 1. The van der Waals surface area contributed by atoms with Gasteiger partial charge in [-0.1, -0.05) is 0 Å². The summed E-state index contributed by atoms with van der Waals surface area (Å²) < 4.78 is 46.7. The van der Waals surface area contributed by atoms with Gasteiger partial charge in [0.15, 0.2) is 11.6 Å². The number of carbonyl (C=O) groups is 1. The van der Waals surface area contributed by atoms with Crippen molar-refractivity contribution < 1.29 is 22.3 Å². The standard InChI is InChI=1S/C31H45FN6O4S/c1-6-43(40,41)37-13-10-31(11-14-37)19-35(20-31)17-24-9-12-36(18-24)29-28(16-33-21-34-29)42-27-8-7-25(32)15-26(27)30(39)38(22(2)3)23(4)5/h7-8,15-16,21-24H,6,9-14,17-20H2,1-5H3/t24-/m0/s1. The van der Waals surface area contributed by atoms with Crippen molar-refractivity contribution in [3.05, 3.63) is 42.1 Å². The van der Waals surface area contributed by atoms with Crippen LogP contribution in [0, 0.1) is 17.2 Å². The van der Waals surface area contributed by atoms with Gasteiger partial charge in [-0.05, 0) is 83.4 Å². The number of amides is 1. The number of nitrogens with zero attached hydrogens (tertiary/aromatic N) is 6. The summed E-state index contributed by atoms with van der Waals surface area (Å²) in [6, 6.07) is 3.90. The number of carbonyl (C=O) groups excluding carboxylic acids is 1. The number of aromatic nitrogens is 2. The fourth-order valence-corrected chi connectivity index (χ4v) is 8.11. The summed E-state index contributed by atoms with van der Waals surface area (Å²) in [4.78, 5) is 28.6. The largest absolute Gasteiger partial charge is 0.451 e. The van der Waals surface area contributed by atoms with E-state index in [-0.39, 0.29) is 40.5 Å². The third kappa shape index (κ3) is 6.81. The van der Waals surface area contributed by atoms with Crippen molar-refractivity contribution in [2.45, 2.75) is 66.0 Å². The van der Waals surface area contributed by atoms with Gasteiger partial charge in [0.1, 0.15) is 17.9 Å². The maximum Gasteiger partial charge on any atom is 0.258 e. The van der Waals surface area contributed by atoms with Crippen molar-refractivity contribution in [3.63, 3.8) is 0 Å². The predicted molar refractivity (Wildman–Crippen MR) is 164 cm³/mol. The van der Waals surface area contributed by atoms with Crippen LogP contribution in [0.25, 0.3) is 0 Å². The highest BCUT2D eigenvalue weighted by molar-refractivity contribution is 7.89. The van der Waals surface area contributed by atoms with E-state index in [0.717, 1.165) is 52.0 Å². The monoisotopic (exact) mass is 616 g/mol. The summed E-state index contributed by atoms with van der Waals surface area (Å²) in [7, 11) is -3.11. The molecule has 43 heavy (non-hydrogen) atoms. The average molecular weight is 617 g/mol. The summed E-state index contributed by atoms with van der Waals surface area (Å²) in [5.41, 5.74) is 0.415. The van der Waals surface area contributed by atoms with Gasteiger partial charge in [-0.25, -0.2) is 27.1 Å². The van der Waals surface area contributed by atoms with Crippen LogP contribution < -0.4 is 9.64 Å². The van der Waals surface area contributed by atoms with Crippen LogP contribution in [0.2, 0.25) is 0 Å². The number of piperidine rings is 1. The van der Waals surface area contributed by atoms with E-state index in [0.29, 0.717) is 30.6 Å². The quantitative estimate of drug-likeness (QED) is 0.391. The molecule has 10 nitrogen and oxygen atoms in total. The van der Waals surface area contributed by atoms with Gasteiger partial charge in [0.2, 0.25) is 10.0 Å². The normalized spacial score (nSPS) is 21.0. The second-order valence-corrected chi connectivity index (χ2v) is 15.2. The molecule has 1 atom stereocenters. The van der Waals surface area contributed by atoms with Crippen molar-refractivity contribution in [3.8, 4) is 11.5 Å². The Labute approximate surface area is 255 Å². The Kier molecular flexibility index (Phi) is 9.29. The molecule has 4 heterocycles.